The smallest absolute Gasteiger partial charge is 0.317 e. The predicted octanol–water partition coefficient (Wildman–Crippen LogP) is -0.716. The van der Waals surface area contributed by atoms with Crippen molar-refractivity contribution in [3.8, 4) is 0 Å². The maximum Gasteiger partial charge on any atom is 0.317 e. The van der Waals surface area contributed by atoms with E-state index in [1.807, 2.05) is 11.8 Å². The summed E-state index contributed by atoms with van der Waals surface area (Å²) in [4.78, 5) is 24.1. The van der Waals surface area contributed by atoms with Crippen molar-refractivity contribution < 1.29 is 4.79 Å². The number of aromatic nitrogens is 2. The lowest BCUT2D eigenvalue weighted by Gasteiger charge is -2.37. The molecule has 0 spiro atoms. The Balaban J connectivity index is 1.82. The van der Waals surface area contributed by atoms with Crippen LogP contribution >= 0.6 is 0 Å². The van der Waals surface area contributed by atoms with Gasteiger partial charge in [-0.1, -0.05) is 0 Å². The number of hydrogen-bond acceptors (Lipinski definition) is 6. The highest BCUT2D eigenvalue weighted by Gasteiger charge is 2.36. The number of aryl methyl sites for hydroxylation is 1. The van der Waals surface area contributed by atoms with E-state index in [1.165, 1.54) is 0 Å². The lowest BCUT2D eigenvalue weighted by Crippen LogP contribution is -2.52. The van der Waals surface area contributed by atoms with E-state index in [9.17, 15) is 4.79 Å². The molecule has 2 fully saturated rings. The molecule has 4 N–H and O–H groups in total. The van der Waals surface area contributed by atoms with Gasteiger partial charge in [-0.25, -0.2) is 15.6 Å². The molecular weight excluding hydrogens is 246 g/mol. The van der Waals surface area contributed by atoms with Gasteiger partial charge in [0, 0.05) is 37.9 Å². The number of carbonyl (C=O) groups is 1. The van der Waals surface area contributed by atoms with Crippen molar-refractivity contribution in [3.63, 3.8) is 0 Å². The monoisotopic (exact) mass is 263 g/mol. The Morgan fingerprint density at radius 2 is 2.37 bits per heavy atom. The standard InChI is InChI=1S/C11H17N7O/c1-7-4-13-10(16-12)15-9(7)17-2-3-18-8(6-17)5-14-11(18)19/h4,8H,2-3,5-6,12H2,1H3,(H,14,19)(H,13,15,16). The van der Waals surface area contributed by atoms with E-state index in [4.69, 9.17) is 5.84 Å². The molecule has 8 nitrogen and oxygen atoms in total. The fourth-order valence-corrected chi connectivity index (χ4v) is 2.62. The van der Waals surface area contributed by atoms with Crippen molar-refractivity contribution in [3.05, 3.63) is 11.8 Å². The maximum absolute atomic E-state index is 11.6. The quantitative estimate of drug-likeness (QED) is 0.481. The van der Waals surface area contributed by atoms with Crippen molar-refractivity contribution in [2.45, 2.75) is 13.0 Å². The number of carbonyl (C=O) groups excluding carboxylic acids is 1. The molecule has 2 aliphatic rings. The van der Waals surface area contributed by atoms with Gasteiger partial charge in [-0.15, -0.1) is 0 Å². The number of piperazine rings is 1. The molecule has 1 aromatic heterocycles. The van der Waals surface area contributed by atoms with Crippen LogP contribution < -0.4 is 21.5 Å². The minimum Gasteiger partial charge on any atom is -0.352 e. The van der Waals surface area contributed by atoms with Crippen LogP contribution in [-0.4, -0.2) is 53.1 Å². The summed E-state index contributed by atoms with van der Waals surface area (Å²) in [6.45, 7) is 4.93. The van der Waals surface area contributed by atoms with Gasteiger partial charge < -0.3 is 15.1 Å². The molecule has 0 radical (unpaired) electrons. The number of amides is 2. The molecule has 1 atom stereocenters. The first-order valence-corrected chi connectivity index (χ1v) is 6.28. The minimum absolute atomic E-state index is 0.0355. The van der Waals surface area contributed by atoms with Crippen molar-refractivity contribution in [1.29, 1.82) is 0 Å². The molecule has 3 rings (SSSR count). The first kappa shape index (κ1) is 12.0. The Bertz CT molecular complexity index is 506. The Labute approximate surface area is 111 Å². The molecule has 0 saturated carbocycles. The maximum atomic E-state index is 11.6. The fourth-order valence-electron chi connectivity index (χ4n) is 2.62. The average molecular weight is 263 g/mol. The fraction of sp³-hybridized carbons (Fsp3) is 0.545. The Morgan fingerprint density at radius 3 is 3.16 bits per heavy atom. The second kappa shape index (κ2) is 4.54. The third-order valence-electron chi connectivity index (χ3n) is 3.61. The van der Waals surface area contributed by atoms with E-state index in [0.717, 1.165) is 24.5 Å². The van der Waals surface area contributed by atoms with E-state index in [2.05, 4.69) is 25.6 Å². The molecule has 0 aliphatic carbocycles. The number of rotatable bonds is 2. The highest BCUT2D eigenvalue weighted by molar-refractivity contribution is 5.77. The zero-order valence-electron chi connectivity index (χ0n) is 10.8. The number of urea groups is 1. The summed E-state index contributed by atoms with van der Waals surface area (Å²) >= 11 is 0. The SMILES string of the molecule is Cc1cnc(NN)nc1N1CCN2C(=O)NCC2C1. The zero-order chi connectivity index (χ0) is 13.4. The number of anilines is 2. The Hall–Kier alpha value is -2.09. The van der Waals surface area contributed by atoms with E-state index in [-0.39, 0.29) is 12.1 Å². The summed E-state index contributed by atoms with van der Waals surface area (Å²) in [6, 6.07) is 0.248. The van der Waals surface area contributed by atoms with Crippen LogP contribution in [0.3, 0.4) is 0 Å². The summed E-state index contributed by atoms with van der Waals surface area (Å²) in [7, 11) is 0. The first-order chi connectivity index (χ1) is 9.19. The Kier molecular flexibility index (Phi) is 2.86. The molecule has 2 saturated heterocycles. The van der Waals surface area contributed by atoms with E-state index >= 15 is 0 Å². The molecule has 2 amide bonds. The van der Waals surface area contributed by atoms with Crippen LogP contribution in [0.5, 0.6) is 0 Å². The van der Waals surface area contributed by atoms with Crippen LogP contribution in [0, 0.1) is 6.92 Å². The summed E-state index contributed by atoms with van der Waals surface area (Å²) in [5.74, 6) is 6.63. The van der Waals surface area contributed by atoms with Gasteiger partial charge in [0.25, 0.3) is 0 Å². The van der Waals surface area contributed by atoms with E-state index in [1.54, 1.807) is 6.20 Å². The van der Waals surface area contributed by atoms with Crippen LogP contribution in [0.15, 0.2) is 6.20 Å². The normalized spacial score (nSPS) is 22.2. The van der Waals surface area contributed by atoms with Crippen LogP contribution in [-0.2, 0) is 0 Å². The molecular formula is C11H17N7O. The summed E-state index contributed by atoms with van der Waals surface area (Å²) in [5.41, 5.74) is 3.47. The van der Waals surface area contributed by atoms with Gasteiger partial charge in [-0.2, -0.15) is 4.98 Å². The molecule has 1 aromatic rings. The second-order valence-corrected chi connectivity index (χ2v) is 4.82. The van der Waals surface area contributed by atoms with Gasteiger partial charge in [-0.05, 0) is 6.92 Å². The van der Waals surface area contributed by atoms with Crippen LogP contribution in [0.4, 0.5) is 16.6 Å². The third kappa shape index (κ3) is 2.03. The molecule has 19 heavy (non-hydrogen) atoms. The third-order valence-corrected chi connectivity index (χ3v) is 3.61. The summed E-state index contributed by atoms with van der Waals surface area (Å²) < 4.78 is 0. The number of nitrogens with zero attached hydrogens (tertiary/aromatic N) is 4. The van der Waals surface area contributed by atoms with Gasteiger partial charge in [-0.3, -0.25) is 5.43 Å². The van der Waals surface area contributed by atoms with Crippen molar-refractivity contribution in [2.75, 3.05) is 36.5 Å². The number of hydrazine groups is 1. The van der Waals surface area contributed by atoms with E-state index < -0.39 is 0 Å². The average Bonchev–Trinajstić information content (AvgIpc) is 2.80. The number of nitrogens with one attached hydrogen (secondary N) is 2. The molecule has 102 valence electrons. The van der Waals surface area contributed by atoms with Gasteiger partial charge in [0.2, 0.25) is 5.95 Å². The first-order valence-electron chi connectivity index (χ1n) is 6.28. The molecule has 2 aliphatic heterocycles. The molecule has 3 heterocycles. The van der Waals surface area contributed by atoms with Gasteiger partial charge in [0.1, 0.15) is 5.82 Å². The number of nitrogen functional groups attached to an aromatic ring is 1. The van der Waals surface area contributed by atoms with Gasteiger partial charge in [0.05, 0.1) is 6.04 Å². The number of nitrogens with two attached hydrogens (primary N) is 1. The minimum atomic E-state index is 0.0355. The van der Waals surface area contributed by atoms with Crippen LogP contribution in [0.25, 0.3) is 0 Å². The largest absolute Gasteiger partial charge is 0.352 e. The highest BCUT2D eigenvalue weighted by Crippen LogP contribution is 2.22. The lowest BCUT2D eigenvalue weighted by molar-refractivity contribution is 0.197. The highest BCUT2D eigenvalue weighted by atomic mass is 16.2. The van der Waals surface area contributed by atoms with Gasteiger partial charge >= 0.3 is 6.03 Å². The van der Waals surface area contributed by atoms with Crippen molar-refractivity contribution in [2.24, 2.45) is 5.84 Å². The van der Waals surface area contributed by atoms with Gasteiger partial charge in [0.15, 0.2) is 0 Å². The number of fused-ring (bicyclic) bond motifs is 1. The predicted molar refractivity (Wildman–Crippen MR) is 70.7 cm³/mol. The molecule has 8 heteroatoms. The lowest BCUT2D eigenvalue weighted by atomic mass is 10.2. The van der Waals surface area contributed by atoms with Crippen LogP contribution in [0.2, 0.25) is 0 Å². The Morgan fingerprint density at radius 1 is 1.53 bits per heavy atom. The van der Waals surface area contributed by atoms with Crippen molar-refractivity contribution in [1.82, 2.24) is 20.2 Å². The molecule has 0 bridgehead atoms. The van der Waals surface area contributed by atoms with Crippen molar-refractivity contribution >= 4 is 17.8 Å². The van der Waals surface area contributed by atoms with Crippen LogP contribution in [0.1, 0.15) is 5.56 Å². The summed E-state index contributed by atoms with van der Waals surface area (Å²) in [5, 5.41) is 2.87. The summed E-state index contributed by atoms with van der Waals surface area (Å²) in [6.07, 6.45) is 1.75. The molecule has 1 unspecified atom stereocenters. The molecule has 0 aromatic carbocycles. The number of hydrogen-bond donors (Lipinski definition) is 3. The second-order valence-electron chi connectivity index (χ2n) is 4.82. The topological polar surface area (TPSA) is 99.4 Å². The zero-order valence-corrected chi connectivity index (χ0v) is 10.8. The van der Waals surface area contributed by atoms with E-state index in [0.29, 0.717) is 19.0 Å².